The van der Waals surface area contributed by atoms with Crippen LogP contribution < -0.4 is 0 Å². The zero-order valence-corrected chi connectivity index (χ0v) is 10.6. The van der Waals surface area contributed by atoms with Crippen molar-refractivity contribution in [3.05, 3.63) is 35.4 Å². The highest BCUT2D eigenvalue weighted by Crippen LogP contribution is 2.22. The Morgan fingerprint density at radius 2 is 1.60 bits per heavy atom. The monoisotopic (exact) mass is 281 g/mol. The van der Waals surface area contributed by atoms with E-state index in [1.54, 1.807) is 24.3 Å². The average Bonchev–Trinajstić information content (AvgIpc) is 2.68. The van der Waals surface area contributed by atoms with Crippen LogP contribution in [0.3, 0.4) is 0 Å². The van der Waals surface area contributed by atoms with Crippen molar-refractivity contribution in [1.29, 1.82) is 0 Å². The number of carbonyl (C=O) groups is 3. The van der Waals surface area contributed by atoms with Crippen molar-refractivity contribution < 1.29 is 23.2 Å². The molecule has 106 valence electrons. The maximum atomic E-state index is 12.0. The number of Topliss-reactive ketones (excluding diaryl/α,β-unsaturated/α-hetero) is 1. The molecule has 0 saturated carbocycles. The highest BCUT2D eigenvalue weighted by Gasteiger charge is 2.34. The fourth-order valence-corrected chi connectivity index (χ4v) is 2.12. The quantitative estimate of drug-likeness (QED) is 0.594. The molecule has 0 N–H and O–H groups in total. The first-order valence-electron chi connectivity index (χ1n) is 6.28. The second kappa shape index (κ2) is 5.90. The Morgan fingerprint density at radius 3 is 2.10 bits per heavy atom. The van der Waals surface area contributed by atoms with E-state index >= 15 is 0 Å². The van der Waals surface area contributed by atoms with Gasteiger partial charge in [0.2, 0.25) is 0 Å². The normalized spacial score (nSPS) is 14.1. The summed E-state index contributed by atoms with van der Waals surface area (Å²) in [6.45, 7) is 0.142. The van der Waals surface area contributed by atoms with Crippen LogP contribution in [-0.2, 0) is 4.79 Å². The highest BCUT2D eigenvalue weighted by atomic mass is 19.3. The first-order chi connectivity index (χ1) is 9.52. The number of benzene rings is 1. The Balaban J connectivity index is 1.88. The van der Waals surface area contributed by atoms with Gasteiger partial charge in [0, 0.05) is 13.0 Å². The topological polar surface area (TPSA) is 54.5 Å². The van der Waals surface area contributed by atoms with Crippen LogP contribution in [0.2, 0.25) is 0 Å². The van der Waals surface area contributed by atoms with Crippen molar-refractivity contribution in [2.75, 3.05) is 6.54 Å². The van der Waals surface area contributed by atoms with Crippen LogP contribution in [0.25, 0.3) is 0 Å². The van der Waals surface area contributed by atoms with Crippen LogP contribution in [0.1, 0.15) is 40.0 Å². The van der Waals surface area contributed by atoms with Gasteiger partial charge in [-0.05, 0) is 25.0 Å². The smallest absolute Gasteiger partial charge is 0.293 e. The van der Waals surface area contributed by atoms with Crippen molar-refractivity contribution >= 4 is 17.6 Å². The molecule has 2 amide bonds. The second-order valence-electron chi connectivity index (χ2n) is 4.53. The van der Waals surface area contributed by atoms with Crippen molar-refractivity contribution in [3.8, 4) is 0 Å². The average molecular weight is 281 g/mol. The molecule has 0 aromatic heterocycles. The van der Waals surface area contributed by atoms with Gasteiger partial charge in [-0.3, -0.25) is 19.3 Å². The van der Waals surface area contributed by atoms with Gasteiger partial charge in [0.05, 0.1) is 11.1 Å². The molecule has 4 nitrogen and oxygen atoms in total. The SMILES string of the molecule is O=C(CCCCN1C(=O)c2ccccc2C1=O)C(F)F. The lowest BCUT2D eigenvalue weighted by Gasteiger charge is -2.13. The first kappa shape index (κ1) is 14.3. The van der Waals surface area contributed by atoms with E-state index in [1.165, 1.54) is 0 Å². The molecule has 0 unspecified atom stereocenters. The van der Waals surface area contributed by atoms with Gasteiger partial charge in [-0.25, -0.2) is 8.78 Å². The maximum absolute atomic E-state index is 12.0. The third kappa shape index (κ3) is 2.74. The molecule has 1 aromatic rings. The molecule has 1 aliphatic rings. The van der Waals surface area contributed by atoms with Crippen LogP contribution in [0.4, 0.5) is 8.78 Å². The first-order valence-corrected chi connectivity index (χ1v) is 6.28. The summed E-state index contributed by atoms with van der Waals surface area (Å²) in [5, 5.41) is 0. The van der Waals surface area contributed by atoms with Gasteiger partial charge in [-0.15, -0.1) is 0 Å². The van der Waals surface area contributed by atoms with Crippen molar-refractivity contribution in [1.82, 2.24) is 4.90 Å². The van der Waals surface area contributed by atoms with Crippen LogP contribution in [0, 0.1) is 0 Å². The summed E-state index contributed by atoms with van der Waals surface area (Å²) in [6, 6.07) is 6.51. The van der Waals surface area contributed by atoms with Crippen molar-refractivity contribution in [3.63, 3.8) is 0 Å². The number of halogens is 2. The van der Waals surface area contributed by atoms with Gasteiger partial charge in [0.25, 0.3) is 18.2 Å². The summed E-state index contributed by atoms with van der Waals surface area (Å²) >= 11 is 0. The molecule has 20 heavy (non-hydrogen) atoms. The Kier molecular flexibility index (Phi) is 4.22. The number of rotatable bonds is 6. The summed E-state index contributed by atoms with van der Waals surface area (Å²) < 4.78 is 24.0. The number of hydrogen-bond donors (Lipinski definition) is 0. The minimum atomic E-state index is -2.95. The number of hydrogen-bond acceptors (Lipinski definition) is 3. The van der Waals surface area contributed by atoms with E-state index in [0.717, 1.165) is 4.90 Å². The highest BCUT2D eigenvalue weighted by molar-refractivity contribution is 6.21. The van der Waals surface area contributed by atoms with E-state index in [2.05, 4.69) is 0 Å². The molecule has 1 heterocycles. The lowest BCUT2D eigenvalue weighted by atomic mass is 10.1. The minimum Gasteiger partial charge on any atom is -0.293 e. The minimum absolute atomic E-state index is 0.142. The number of fused-ring (bicyclic) bond motifs is 1. The van der Waals surface area contributed by atoms with Gasteiger partial charge in [0.15, 0.2) is 5.78 Å². The number of unbranched alkanes of at least 4 members (excludes halogenated alkanes) is 1. The molecule has 1 aliphatic heterocycles. The molecule has 1 aromatic carbocycles. The van der Waals surface area contributed by atoms with Gasteiger partial charge < -0.3 is 0 Å². The van der Waals surface area contributed by atoms with E-state index in [-0.39, 0.29) is 31.2 Å². The third-order valence-electron chi connectivity index (χ3n) is 3.18. The molecule has 0 saturated heterocycles. The third-order valence-corrected chi connectivity index (χ3v) is 3.18. The lowest BCUT2D eigenvalue weighted by molar-refractivity contribution is -0.129. The zero-order valence-electron chi connectivity index (χ0n) is 10.6. The number of ketones is 1. The predicted molar refractivity (Wildman–Crippen MR) is 66.7 cm³/mol. The molecular formula is C14H13F2NO3. The molecule has 6 heteroatoms. The standard InChI is InChI=1S/C14H13F2NO3/c15-12(16)11(18)7-3-4-8-17-13(19)9-5-1-2-6-10(9)14(17)20/h1-2,5-6,12H,3-4,7-8H2. The van der Waals surface area contributed by atoms with E-state index in [0.29, 0.717) is 17.5 Å². The maximum Gasteiger partial charge on any atom is 0.295 e. The summed E-state index contributed by atoms with van der Waals surface area (Å²) in [5.41, 5.74) is 0.724. The molecule has 2 rings (SSSR count). The van der Waals surface area contributed by atoms with Crippen LogP contribution in [0.5, 0.6) is 0 Å². The van der Waals surface area contributed by atoms with Gasteiger partial charge in [-0.1, -0.05) is 12.1 Å². The van der Waals surface area contributed by atoms with Gasteiger partial charge in [0.1, 0.15) is 0 Å². The number of imide groups is 1. The van der Waals surface area contributed by atoms with E-state index in [4.69, 9.17) is 0 Å². The van der Waals surface area contributed by atoms with Crippen molar-refractivity contribution in [2.24, 2.45) is 0 Å². The van der Waals surface area contributed by atoms with Gasteiger partial charge in [-0.2, -0.15) is 0 Å². The molecule has 0 atom stereocenters. The molecule has 0 spiro atoms. The fraction of sp³-hybridized carbons (Fsp3) is 0.357. The molecule has 0 aliphatic carbocycles. The van der Waals surface area contributed by atoms with Gasteiger partial charge >= 0.3 is 0 Å². The summed E-state index contributed by atoms with van der Waals surface area (Å²) in [7, 11) is 0. The molecule has 0 radical (unpaired) electrons. The Bertz CT molecular complexity index is 522. The predicted octanol–water partition coefficient (Wildman–Crippen LogP) is 2.29. The number of carbonyl (C=O) groups excluding carboxylic acids is 3. The molecule has 0 bridgehead atoms. The van der Waals surface area contributed by atoms with E-state index < -0.39 is 12.2 Å². The number of amides is 2. The van der Waals surface area contributed by atoms with E-state index in [1.807, 2.05) is 0 Å². The molecular weight excluding hydrogens is 268 g/mol. The van der Waals surface area contributed by atoms with E-state index in [9.17, 15) is 23.2 Å². The number of alkyl halides is 2. The molecule has 0 fully saturated rings. The van der Waals surface area contributed by atoms with Crippen molar-refractivity contribution in [2.45, 2.75) is 25.7 Å². The Hall–Kier alpha value is -2.11. The summed E-state index contributed by atoms with van der Waals surface area (Å²) in [4.78, 5) is 35.8. The Labute approximate surface area is 114 Å². The largest absolute Gasteiger partial charge is 0.295 e. The second-order valence-corrected chi connectivity index (χ2v) is 4.53. The van der Waals surface area contributed by atoms with Crippen LogP contribution in [-0.4, -0.2) is 35.5 Å². The van der Waals surface area contributed by atoms with Crippen LogP contribution >= 0.6 is 0 Å². The fourth-order valence-electron chi connectivity index (χ4n) is 2.12. The summed E-state index contributed by atoms with van der Waals surface area (Å²) in [6.07, 6.45) is -2.62. The number of nitrogens with zero attached hydrogens (tertiary/aromatic N) is 1. The zero-order chi connectivity index (χ0) is 14.7. The lowest BCUT2D eigenvalue weighted by Crippen LogP contribution is -2.30. The summed E-state index contributed by atoms with van der Waals surface area (Å²) in [5.74, 6) is -1.84. The Morgan fingerprint density at radius 1 is 1.05 bits per heavy atom. The van der Waals surface area contributed by atoms with Crippen LogP contribution in [0.15, 0.2) is 24.3 Å².